The van der Waals surface area contributed by atoms with Crippen LogP contribution in [0.1, 0.15) is 23.7 Å². The summed E-state index contributed by atoms with van der Waals surface area (Å²) in [5.74, 6) is -0.802. The highest BCUT2D eigenvalue weighted by Gasteiger charge is 2.13. The molecule has 1 rings (SSSR count). The Morgan fingerprint density at radius 1 is 1.27 bits per heavy atom. The largest absolute Gasteiger partial charge is 0.496 e. The Morgan fingerprint density at radius 2 is 2.00 bits per heavy atom. The van der Waals surface area contributed by atoms with Crippen LogP contribution < -0.4 is 15.4 Å². The average Bonchev–Trinajstić information content (AvgIpc) is 2.50. The predicted octanol–water partition coefficient (Wildman–Crippen LogP) is 1.85. The SMILES string of the molecule is CCCNC(=O)NC(=O)COC(=O)c1ccc(OC)c(Br)c1. The van der Waals surface area contributed by atoms with Crippen molar-refractivity contribution < 1.29 is 23.9 Å². The van der Waals surface area contributed by atoms with Gasteiger partial charge in [0.15, 0.2) is 6.61 Å². The van der Waals surface area contributed by atoms with Gasteiger partial charge in [-0.3, -0.25) is 10.1 Å². The third-order valence-electron chi connectivity index (χ3n) is 2.51. The van der Waals surface area contributed by atoms with Crippen LogP contribution >= 0.6 is 15.9 Å². The van der Waals surface area contributed by atoms with Crippen LogP contribution in [-0.4, -0.2) is 38.2 Å². The molecule has 3 amide bonds. The summed E-state index contributed by atoms with van der Waals surface area (Å²) in [7, 11) is 1.51. The van der Waals surface area contributed by atoms with E-state index in [1.54, 1.807) is 6.07 Å². The van der Waals surface area contributed by atoms with Crippen LogP contribution in [0.15, 0.2) is 22.7 Å². The average molecular weight is 373 g/mol. The van der Waals surface area contributed by atoms with Gasteiger partial charge in [-0.25, -0.2) is 9.59 Å². The first-order chi connectivity index (χ1) is 10.5. The fraction of sp³-hybridized carbons (Fsp3) is 0.357. The molecule has 120 valence electrons. The van der Waals surface area contributed by atoms with Gasteiger partial charge in [0.05, 0.1) is 17.1 Å². The molecule has 8 heteroatoms. The van der Waals surface area contributed by atoms with E-state index in [2.05, 4.69) is 26.6 Å². The number of halogens is 1. The van der Waals surface area contributed by atoms with Crippen LogP contribution in [0.25, 0.3) is 0 Å². The van der Waals surface area contributed by atoms with Gasteiger partial charge in [0.25, 0.3) is 5.91 Å². The number of carbonyl (C=O) groups is 3. The van der Waals surface area contributed by atoms with Gasteiger partial charge in [-0.1, -0.05) is 6.92 Å². The molecule has 0 aliphatic rings. The van der Waals surface area contributed by atoms with Crippen LogP contribution in [0, 0.1) is 0 Å². The molecule has 0 heterocycles. The number of esters is 1. The number of methoxy groups -OCH3 is 1. The molecule has 7 nitrogen and oxygen atoms in total. The van der Waals surface area contributed by atoms with Crippen molar-refractivity contribution in [1.29, 1.82) is 0 Å². The van der Waals surface area contributed by atoms with E-state index in [0.29, 0.717) is 16.8 Å². The number of benzene rings is 1. The van der Waals surface area contributed by atoms with Crippen molar-refractivity contribution >= 4 is 33.8 Å². The minimum Gasteiger partial charge on any atom is -0.496 e. The maximum absolute atomic E-state index is 11.8. The molecule has 0 bridgehead atoms. The maximum atomic E-state index is 11.8. The van der Waals surface area contributed by atoms with Crippen molar-refractivity contribution in [3.8, 4) is 5.75 Å². The molecule has 0 saturated carbocycles. The van der Waals surface area contributed by atoms with Crippen molar-refractivity contribution in [2.45, 2.75) is 13.3 Å². The maximum Gasteiger partial charge on any atom is 0.338 e. The molecule has 0 radical (unpaired) electrons. The van der Waals surface area contributed by atoms with E-state index in [4.69, 9.17) is 9.47 Å². The second-order valence-electron chi connectivity index (χ2n) is 4.23. The first-order valence-electron chi connectivity index (χ1n) is 6.56. The van der Waals surface area contributed by atoms with E-state index >= 15 is 0 Å². The van der Waals surface area contributed by atoms with Gasteiger partial charge in [0, 0.05) is 6.54 Å². The first-order valence-corrected chi connectivity index (χ1v) is 7.35. The molecule has 2 N–H and O–H groups in total. The number of carbonyl (C=O) groups excluding carboxylic acids is 3. The van der Waals surface area contributed by atoms with E-state index in [-0.39, 0.29) is 5.56 Å². The molecule has 1 aromatic carbocycles. The summed E-state index contributed by atoms with van der Waals surface area (Å²) in [5, 5.41) is 4.53. The second-order valence-corrected chi connectivity index (χ2v) is 5.08. The van der Waals surface area contributed by atoms with Crippen molar-refractivity contribution in [3.05, 3.63) is 28.2 Å². The summed E-state index contributed by atoms with van der Waals surface area (Å²) >= 11 is 3.25. The van der Waals surface area contributed by atoms with Gasteiger partial charge in [0.2, 0.25) is 0 Å². The number of nitrogens with one attached hydrogen (secondary N) is 2. The second kappa shape index (κ2) is 9.04. The fourth-order valence-electron chi connectivity index (χ4n) is 1.45. The lowest BCUT2D eigenvalue weighted by molar-refractivity contribution is -0.123. The molecule has 0 aromatic heterocycles. The van der Waals surface area contributed by atoms with E-state index < -0.39 is 24.5 Å². The summed E-state index contributed by atoms with van der Waals surface area (Å²) in [6.45, 7) is 1.80. The lowest BCUT2D eigenvalue weighted by atomic mass is 10.2. The van der Waals surface area contributed by atoms with Gasteiger partial charge < -0.3 is 14.8 Å². The van der Waals surface area contributed by atoms with Crippen LogP contribution in [0.3, 0.4) is 0 Å². The van der Waals surface area contributed by atoms with Gasteiger partial charge in [-0.15, -0.1) is 0 Å². The monoisotopic (exact) mass is 372 g/mol. The normalized spacial score (nSPS) is 9.77. The van der Waals surface area contributed by atoms with E-state index in [0.717, 1.165) is 6.42 Å². The van der Waals surface area contributed by atoms with Crippen LogP contribution in [0.2, 0.25) is 0 Å². The number of ether oxygens (including phenoxy) is 2. The molecular weight excluding hydrogens is 356 g/mol. The number of hydrogen-bond acceptors (Lipinski definition) is 5. The molecule has 22 heavy (non-hydrogen) atoms. The van der Waals surface area contributed by atoms with Gasteiger partial charge >= 0.3 is 12.0 Å². The van der Waals surface area contributed by atoms with Crippen LogP contribution in [0.5, 0.6) is 5.75 Å². The molecule has 0 atom stereocenters. The Labute approximate surface area is 136 Å². The van der Waals surface area contributed by atoms with Crippen molar-refractivity contribution in [3.63, 3.8) is 0 Å². The highest BCUT2D eigenvalue weighted by atomic mass is 79.9. The molecular formula is C14H17BrN2O5. The molecule has 1 aromatic rings. The quantitative estimate of drug-likeness (QED) is 0.743. The molecule has 0 spiro atoms. The van der Waals surface area contributed by atoms with E-state index in [1.807, 2.05) is 6.92 Å². The van der Waals surface area contributed by atoms with Gasteiger partial charge in [-0.2, -0.15) is 0 Å². The third kappa shape index (κ3) is 5.72. The summed E-state index contributed by atoms with van der Waals surface area (Å²) in [5.41, 5.74) is 0.260. The number of rotatable bonds is 6. The Bertz CT molecular complexity index is 562. The molecule has 0 fully saturated rings. The summed E-state index contributed by atoms with van der Waals surface area (Å²) in [6.07, 6.45) is 0.753. The first kappa shape index (κ1) is 18.0. The Morgan fingerprint density at radius 3 is 2.59 bits per heavy atom. The van der Waals surface area contributed by atoms with Crippen LogP contribution in [0.4, 0.5) is 4.79 Å². The smallest absolute Gasteiger partial charge is 0.338 e. The minimum atomic E-state index is -0.700. The van der Waals surface area contributed by atoms with Gasteiger partial charge in [0.1, 0.15) is 5.75 Å². The highest BCUT2D eigenvalue weighted by molar-refractivity contribution is 9.10. The highest BCUT2D eigenvalue weighted by Crippen LogP contribution is 2.25. The zero-order chi connectivity index (χ0) is 16.5. The molecule has 0 aliphatic heterocycles. The predicted molar refractivity (Wildman–Crippen MR) is 82.8 cm³/mol. The van der Waals surface area contributed by atoms with Crippen LogP contribution in [-0.2, 0) is 9.53 Å². The van der Waals surface area contributed by atoms with E-state index in [1.165, 1.54) is 19.2 Å². The van der Waals surface area contributed by atoms with E-state index in [9.17, 15) is 14.4 Å². The molecule has 0 unspecified atom stereocenters. The summed E-state index contributed by atoms with van der Waals surface area (Å²) < 4.78 is 10.5. The van der Waals surface area contributed by atoms with Gasteiger partial charge in [-0.05, 0) is 40.5 Å². The zero-order valence-corrected chi connectivity index (χ0v) is 13.9. The Hall–Kier alpha value is -2.09. The lowest BCUT2D eigenvalue weighted by Crippen LogP contribution is -2.41. The number of amides is 3. The number of hydrogen-bond donors (Lipinski definition) is 2. The molecule has 0 saturated heterocycles. The van der Waals surface area contributed by atoms with Crippen molar-refractivity contribution in [2.24, 2.45) is 0 Å². The minimum absolute atomic E-state index is 0.260. The standard InChI is InChI=1S/C14H17BrN2O5/c1-3-6-16-14(20)17-12(18)8-22-13(19)9-4-5-11(21-2)10(15)7-9/h4-5,7H,3,6,8H2,1-2H3,(H2,16,17,18,20). The third-order valence-corrected chi connectivity index (χ3v) is 3.13. The summed E-state index contributed by atoms with van der Waals surface area (Å²) in [6, 6.07) is 4.01. The topological polar surface area (TPSA) is 93.7 Å². The Kier molecular flexibility index (Phi) is 7.38. The zero-order valence-electron chi connectivity index (χ0n) is 12.3. The number of urea groups is 1. The van der Waals surface area contributed by atoms with Crippen molar-refractivity contribution in [2.75, 3.05) is 20.3 Å². The Balaban J connectivity index is 2.47. The number of imide groups is 1. The lowest BCUT2D eigenvalue weighted by Gasteiger charge is -2.08. The summed E-state index contributed by atoms with van der Waals surface area (Å²) in [4.78, 5) is 34.5. The molecule has 0 aliphatic carbocycles. The fourth-order valence-corrected chi connectivity index (χ4v) is 1.99. The van der Waals surface area contributed by atoms with Crippen molar-refractivity contribution in [1.82, 2.24) is 10.6 Å².